The quantitative estimate of drug-likeness (QED) is 0.917. The Hall–Kier alpha value is -1.43. The number of anilines is 1. The van der Waals surface area contributed by atoms with Gasteiger partial charge in [-0.1, -0.05) is 12.8 Å². The Kier molecular flexibility index (Phi) is 3.18. The molecule has 0 amide bonds. The lowest BCUT2D eigenvalue weighted by atomic mass is 10.3. The largest absolute Gasteiger partial charge is 0.355 e. The van der Waals surface area contributed by atoms with E-state index in [-0.39, 0.29) is 0 Å². The molecule has 2 aliphatic rings. The van der Waals surface area contributed by atoms with Crippen molar-refractivity contribution in [3.63, 3.8) is 0 Å². The van der Waals surface area contributed by atoms with Crippen LogP contribution in [0, 0.1) is 0 Å². The second-order valence-electron chi connectivity index (χ2n) is 5.81. The molecule has 0 spiro atoms. The highest BCUT2D eigenvalue weighted by Gasteiger charge is 2.27. The molecule has 6 heteroatoms. The maximum atomic E-state index is 4.67. The van der Waals surface area contributed by atoms with Gasteiger partial charge in [-0.15, -0.1) is 0 Å². The Morgan fingerprint density at radius 1 is 1.25 bits per heavy atom. The average Bonchev–Trinajstić information content (AvgIpc) is 2.93. The van der Waals surface area contributed by atoms with Gasteiger partial charge in [-0.25, -0.2) is 4.98 Å². The Balaban J connectivity index is 1.36. The van der Waals surface area contributed by atoms with E-state index in [0.717, 1.165) is 23.2 Å². The molecule has 0 aliphatic heterocycles. The summed E-state index contributed by atoms with van der Waals surface area (Å²) >= 11 is 1.46. The maximum absolute atomic E-state index is 4.67. The zero-order chi connectivity index (χ0) is 13.4. The van der Waals surface area contributed by atoms with Crippen LogP contribution in [0.2, 0.25) is 0 Å². The molecule has 4 rings (SSSR count). The van der Waals surface area contributed by atoms with E-state index in [2.05, 4.69) is 36.7 Å². The SMILES string of the molecule is c1cn(C2CCCC2)nc1CNc1nc(C2CC2)ns1. The summed E-state index contributed by atoms with van der Waals surface area (Å²) in [7, 11) is 0. The van der Waals surface area contributed by atoms with Crippen molar-refractivity contribution in [1.29, 1.82) is 0 Å². The number of rotatable bonds is 5. The molecule has 0 bridgehead atoms. The van der Waals surface area contributed by atoms with Gasteiger partial charge in [0.1, 0.15) is 5.82 Å². The minimum Gasteiger partial charge on any atom is -0.355 e. The summed E-state index contributed by atoms with van der Waals surface area (Å²) in [6.07, 6.45) is 9.84. The van der Waals surface area contributed by atoms with Crippen LogP contribution in [0.4, 0.5) is 5.13 Å². The van der Waals surface area contributed by atoms with Crippen LogP contribution in [0.3, 0.4) is 0 Å². The zero-order valence-corrected chi connectivity index (χ0v) is 12.3. The van der Waals surface area contributed by atoms with Gasteiger partial charge < -0.3 is 5.32 Å². The van der Waals surface area contributed by atoms with Crippen LogP contribution < -0.4 is 5.32 Å². The van der Waals surface area contributed by atoms with Gasteiger partial charge >= 0.3 is 0 Å². The molecule has 1 N–H and O–H groups in total. The van der Waals surface area contributed by atoms with Crippen LogP contribution in [0.1, 0.15) is 62.0 Å². The average molecular weight is 289 g/mol. The zero-order valence-electron chi connectivity index (χ0n) is 11.5. The van der Waals surface area contributed by atoms with Gasteiger partial charge in [-0.3, -0.25) is 4.68 Å². The summed E-state index contributed by atoms with van der Waals surface area (Å²) < 4.78 is 6.54. The first-order chi connectivity index (χ1) is 9.88. The van der Waals surface area contributed by atoms with Gasteiger partial charge in [-0.05, 0) is 31.7 Å². The van der Waals surface area contributed by atoms with E-state index in [1.165, 1.54) is 50.1 Å². The predicted octanol–water partition coefficient (Wildman–Crippen LogP) is 3.34. The van der Waals surface area contributed by atoms with Crippen LogP contribution in [-0.4, -0.2) is 19.1 Å². The number of nitrogens with zero attached hydrogens (tertiary/aromatic N) is 4. The molecule has 2 heterocycles. The summed E-state index contributed by atoms with van der Waals surface area (Å²) in [6.45, 7) is 0.735. The molecule has 0 atom stereocenters. The highest BCUT2D eigenvalue weighted by atomic mass is 32.1. The van der Waals surface area contributed by atoms with Crippen LogP contribution in [-0.2, 0) is 6.54 Å². The van der Waals surface area contributed by atoms with Crippen molar-refractivity contribution in [1.82, 2.24) is 19.1 Å². The van der Waals surface area contributed by atoms with Gasteiger partial charge in [0.25, 0.3) is 0 Å². The van der Waals surface area contributed by atoms with Crippen LogP contribution >= 0.6 is 11.5 Å². The lowest BCUT2D eigenvalue weighted by Gasteiger charge is -2.08. The molecular weight excluding hydrogens is 270 g/mol. The van der Waals surface area contributed by atoms with Crippen molar-refractivity contribution < 1.29 is 0 Å². The third-order valence-electron chi connectivity index (χ3n) is 4.17. The van der Waals surface area contributed by atoms with E-state index in [1.54, 1.807) is 0 Å². The summed E-state index contributed by atoms with van der Waals surface area (Å²) in [6, 6.07) is 2.72. The van der Waals surface area contributed by atoms with E-state index >= 15 is 0 Å². The monoisotopic (exact) mass is 289 g/mol. The molecule has 2 aliphatic carbocycles. The minimum absolute atomic E-state index is 0.617. The first kappa shape index (κ1) is 12.3. The van der Waals surface area contributed by atoms with Crippen molar-refractivity contribution in [2.24, 2.45) is 0 Å². The van der Waals surface area contributed by atoms with E-state index in [0.29, 0.717) is 12.0 Å². The van der Waals surface area contributed by atoms with Crippen molar-refractivity contribution in [2.75, 3.05) is 5.32 Å². The van der Waals surface area contributed by atoms with Gasteiger partial charge in [0.15, 0.2) is 0 Å². The molecule has 0 unspecified atom stereocenters. The van der Waals surface area contributed by atoms with Gasteiger partial charge in [0.05, 0.1) is 18.3 Å². The van der Waals surface area contributed by atoms with Crippen LogP contribution in [0.25, 0.3) is 0 Å². The first-order valence-electron chi connectivity index (χ1n) is 7.50. The molecule has 106 valence electrons. The number of hydrogen-bond donors (Lipinski definition) is 1. The molecule has 2 aromatic heterocycles. The number of nitrogens with one attached hydrogen (secondary N) is 1. The van der Waals surface area contributed by atoms with Gasteiger partial charge in [0.2, 0.25) is 5.13 Å². The fourth-order valence-corrected chi connectivity index (χ4v) is 3.46. The Morgan fingerprint density at radius 2 is 2.10 bits per heavy atom. The molecule has 0 radical (unpaired) electrons. The molecule has 0 saturated heterocycles. The summed E-state index contributed by atoms with van der Waals surface area (Å²) in [5.74, 6) is 1.65. The van der Waals surface area contributed by atoms with Crippen molar-refractivity contribution in [3.8, 4) is 0 Å². The van der Waals surface area contributed by atoms with E-state index in [1.807, 2.05) is 0 Å². The lowest BCUT2D eigenvalue weighted by molar-refractivity contribution is 0.463. The van der Waals surface area contributed by atoms with Crippen molar-refractivity contribution >= 4 is 16.7 Å². The van der Waals surface area contributed by atoms with Gasteiger partial charge in [0, 0.05) is 23.6 Å². The van der Waals surface area contributed by atoms with Crippen molar-refractivity contribution in [2.45, 2.75) is 57.0 Å². The van der Waals surface area contributed by atoms with E-state index in [9.17, 15) is 0 Å². The van der Waals surface area contributed by atoms with Crippen LogP contribution in [0.15, 0.2) is 12.3 Å². The fraction of sp³-hybridized carbons (Fsp3) is 0.643. The van der Waals surface area contributed by atoms with E-state index < -0.39 is 0 Å². The second kappa shape index (κ2) is 5.16. The molecule has 2 aromatic rings. The predicted molar refractivity (Wildman–Crippen MR) is 78.9 cm³/mol. The molecule has 2 saturated carbocycles. The molecular formula is C14H19N5S. The highest BCUT2D eigenvalue weighted by Crippen LogP contribution is 2.39. The topological polar surface area (TPSA) is 55.6 Å². The first-order valence-corrected chi connectivity index (χ1v) is 8.27. The lowest BCUT2D eigenvalue weighted by Crippen LogP contribution is -2.07. The molecule has 20 heavy (non-hydrogen) atoms. The van der Waals surface area contributed by atoms with Gasteiger partial charge in [-0.2, -0.15) is 9.47 Å². The fourth-order valence-electron chi connectivity index (χ4n) is 2.82. The summed E-state index contributed by atoms with van der Waals surface area (Å²) in [5.41, 5.74) is 1.08. The highest BCUT2D eigenvalue weighted by molar-refractivity contribution is 7.09. The smallest absolute Gasteiger partial charge is 0.202 e. The summed E-state index contributed by atoms with van der Waals surface area (Å²) in [4.78, 5) is 4.53. The minimum atomic E-state index is 0.617. The summed E-state index contributed by atoms with van der Waals surface area (Å²) in [5, 5.41) is 8.93. The Bertz CT molecular complexity index is 580. The number of hydrogen-bond acceptors (Lipinski definition) is 5. The van der Waals surface area contributed by atoms with Crippen LogP contribution in [0.5, 0.6) is 0 Å². The third-order valence-corrected chi connectivity index (χ3v) is 4.85. The standard InChI is InChI=1S/C14H19N5S/c1-2-4-12(3-1)19-8-7-11(17-19)9-15-14-16-13(18-20-14)10-5-6-10/h7-8,10,12H,1-6,9H2,(H,15,16,18). The molecule has 2 fully saturated rings. The van der Waals surface area contributed by atoms with E-state index in [4.69, 9.17) is 0 Å². The molecule has 5 nitrogen and oxygen atoms in total. The molecule has 0 aromatic carbocycles. The van der Waals surface area contributed by atoms with Crippen molar-refractivity contribution in [3.05, 3.63) is 23.8 Å². The second-order valence-corrected chi connectivity index (χ2v) is 6.56. The third kappa shape index (κ3) is 2.57. The Morgan fingerprint density at radius 3 is 2.90 bits per heavy atom. The maximum Gasteiger partial charge on any atom is 0.202 e. The normalized spacial score (nSPS) is 19.6. The Labute approximate surface area is 122 Å². The number of aromatic nitrogens is 4.